The first-order chi connectivity index (χ1) is 11.1. The van der Waals surface area contributed by atoms with Crippen molar-refractivity contribution in [1.82, 2.24) is 14.9 Å². The fourth-order valence-corrected chi connectivity index (χ4v) is 3.22. The Balaban J connectivity index is 1.94. The number of carboxylic acids is 1. The molecule has 23 heavy (non-hydrogen) atoms. The molecular formula is C18H21N3O2. The normalized spacial score (nSPS) is 18.5. The highest BCUT2D eigenvalue weighted by molar-refractivity contribution is 5.88. The van der Waals surface area contributed by atoms with Gasteiger partial charge in [-0.15, -0.1) is 0 Å². The molecule has 1 N–H and O–H groups in total. The topological polar surface area (TPSA) is 66.3 Å². The molecular weight excluding hydrogens is 290 g/mol. The van der Waals surface area contributed by atoms with E-state index in [9.17, 15) is 4.79 Å². The van der Waals surface area contributed by atoms with Crippen LogP contribution in [0, 0.1) is 0 Å². The Morgan fingerprint density at radius 2 is 2.17 bits per heavy atom. The average molecular weight is 311 g/mol. The van der Waals surface area contributed by atoms with Crippen LogP contribution in [0.1, 0.15) is 48.8 Å². The van der Waals surface area contributed by atoms with Gasteiger partial charge in [0.15, 0.2) is 0 Å². The molecule has 1 aliphatic heterocycles. The molecule has 120 valence electrons. The van der Waals surface area contributed by atoms with Crippen LogP contribution in [0.4, 0.5) is 0 Å². The van der Waals surface area contributed by atoms with Gasteiger partial charge >= 0.3 is 5.97 Å². The fraction of sp³-hybridized carbons (Fsp3) is 0.389. The van der Waals surface area contributed by atoms with Crippen molar-refractivity contribution in [2.45, 2.75) is 38.8 Å². The van der Waals surface area contributed by atoms with Crippen LogP contribution in [-0.2, 0) is 0 Å². The van der Waals surface area contributed by atoms with E-state index in [0.717, 1.165) is 29.9 Å². The predicted molar refractivity (Wildman–Crippen MR) is 88.2 cm³/mol. The molecule has 0 aromatic carbocycles. The molecule has 1 aliphatic rings. The van der Waals surface area contributed by atoms with E-state index in [0.29, 0.717) is 12.1 Å². The zero-order chi connectivity index (χ0) is 16.4. The van der Waals surface area contributed by atoms with E-state index >= 15 is 0 Å². The lowest BCUT2D eigenvalue weighted by molar-refractivity contribution is 0.0696. The summed E-state index contributed by atoms with van der Waals surface area (Å²) in [6.45, 7) is 5.52. The molecule has 1 fully saturated rings. The van der Waals surface area contributed by atoms with Crippen molar-refractivity contribution in [3.05, 3.63) is 47.9 Å². The summed E-state index contributed by atoms with van der Waals surface area (Å²) in [7, 11) is 0. The standard InChI is InChI=1S/C18H21N3O2/c1-12(2)21-8-4-7-17(21)16-6-3-5-15(20-16)13-9-14(18(22)23)11-19-10-13/h3,5-6,9-12,17H,4,7-8H2,1-2H3,(H,22,23). The second-order valence-electron chi connectivity index (χ2n) is 6.20. The molecule has 0 bridgehead atoms. The monoisotopic (exact) mass is 311 g/mol. The Morgan fingerprint density at radius 3 is 2.91 bits per heavy atom. The first-order valence-corrected chi connectivity index (χ1v) is 7.97. The number of nitrogens with zero attached hydrogens (tertiary/aromatic N) is 3. The molecule has 3 rings (SSSR count). The van der Waals surface area contributed by atoms with Crippen molar-refractivity contribution >= 4 is 5.97 Å². The molecule has 2 aromatic rings. The SMILES string of the molecule is CC(C)N1CCCC1c1cccc(-c2cncc(C(=O)O)c2)n1. The molecule has 2 aromatic heterocycles. The van der Waals surface area contributed by atoms with Crippen molar-refractivity contribution in [1.29, 1.82) is 0 Å². The summed E-state index contributed by atoms with van der Waals surface area (Å²) in [4.78, 5) is 22.4. The van der Waals surface area contributed by atoms with Crippen LogP contribution >= 0.6 is 0 Å². The summed E-state index contributed by atoms with van der Waals surface area (Å²) in [5.74, 6) is -0.975. The van der Waals surface area contributed by atoms with Crippen molar-refractivity contribution in [3.63, 3.8) is 0 Å². The zero-order valence-electron chi connectivity index (χ0n) is 13.4. The Labute approximate surface area is 136 Å². The van der Waals surface area contributed by atoms with Crippen LogP contribution in [0.5, 0.6) is 0 Å². The molecule has 5 heteroatoms. The number of aromatic nitrogens is 2. The van der Waals surface area contributed by atoms with E-state index < -0.39 is 5.97 Å². The third-order valence-electron chi connectivity index (χ3n) is 4.35. The van der Waals surface area contributed by atoms with Gasteiger partial charge in [0, 0.05) is 24.0 Å². The molecule has 0 spiro atoms. The zero-order valence-corrected chi connectivity index (χ0v) is 13.4. The van der Waals surface area contributed by atoms with Gasteiger partial charge in [0.05, 0.1) is 23.0 Å². The van der Waals surface area contributed by atoms with Crippen LogP contribution < -0.4 is 0 Å². The van der Waals surface area contributed by atoms with Crippen LogP contribution in [0.3, 0.4) is 0 Å². The summed E-state index contributed by atoms with van der Waals surface area (Å²) >= 11 is 0. The maximum atomic E-state index is 11.1. The Morgan fingerprint density at radius 1 is 1.35 bits per heavy atom. The number of carbonyl (C=O) groups is 1. The summed E-state index contributed by atoms with van der Waals surface area (Å²) < 4.78 is 0. The molecule has 0 amide bonds. The first kappa shape index (κ1) is 15.6. The quantitative estimate of drug-likeness (QED) is 0.937. The predicted octanol–water partition coefficient (Wildman–Crippen LogP) is 3.39. The lowest BCUT2D eigenvalue weighted by Crippen LogP contribution is -2.30. The summed E-state index contributed by atoms with van der Waals surface area (Å²) in [5.41, 5.74) is 2.74. The van der Waals surface area contributed by atoms with Crippen molar-refractivity contribution in [2.24, 2.45) is 0 Å². The first-order valence-electron chi connectivity index (χ1n) is 7.97. The van der Waals surface area contributed by atoms with E-state index in [1.807, 2.05) is 12.1 Å². The van der Waals surface area contributed by atoms with E-state index in [2.05, 4.69) is 29.8 Å². The average Bonchev–Trinajstić information content (AvgIpc) is 3.05. The van der Waals surface area contributed by atoms with Gasteiger partial charge in [-0.25, -0.2) is 4.79 Å². The van der Waals surface area contributed by atoms with E-state index in [-0.39, 0.29) is 5.56 Å². The molecule has 3 heterocycles. The number of pyridine rings is 2. The van der Waals surface area contributed by atoms with E-state index in [1.165, 1.54) is 12.6 Å². The minimum atomic E-state index is -0.975. The minimum absolute atomic E-state index is 0.180. The summed E-state index contributed by atoms with van der Waals surface area (Å²) in [6.07, 6.45) is 5.31. The Hall–Kier alpha value is -2.27. The van der Waals surface area contributed by atoms with Crippen LogP contribution in [0.25, 0.3) is 11.3 Å². The van der Waals surface area contributed by atoms with Crippen LogP contribution in [0.15, 0.2) is 36.7 Å². The molecule has 0 aliphatic carbocycles. The van der Waals surface area contributed by atoms with Crippen molar-refractivity contribution in [2.75, 3.05) is 6.54 Å². The van der Waals surface area contributed by atoms with E-state index in [4.69, 9.17) is 10.1 Å². The number of rotatable bonds is 4. The van der Waals surface area contributed by atoms with Crippen LogP contribution in [0.2, 0.25) is 0 Å². The fourth-order valence-electron chi connectivity index (χ4n) is 3.22. The van der Waals surface area contributed by atoms with Crippen molar-refractivity contribution < 1.29 is 9.90 Å². The lowest BCUT2D eigenvalue weighted by Gasteiger charge is -2.28. The Kier molecular flexibility index (Phi) is 4.39. The molecule has 0 radical (unpaired) electrons. The lowest BCUT2D eigenvalue weighted by atomic mass is 10.1. The number of hydrogen-bond acceptors (Lipinski definition) is 4. The van der Waals surface area contributed by atoms with Gasteiger partial charge in [0.1, 0.15) is 0 Å². The van der Waals surface area contributed by atoms with Gasteiger partial charge in [-0.2, -0.15) is 0 Å². The summed E-state index contributed by atoms with van der Waals surface area (Å²) in [6, 6.07) is 8.40. The number of aromatic carboxylic acids is 1. The van der Waals surface area contributed by atoms with Gasteiger partial charge in [-0.05, 0) is 51.4 Å². The highest BCUT2D eigenvalue weighted by Gasteiger charge is 2.28. The third-order valence-corrected chi connectivity index (χ3v) is 4.35. The van der Waals surface area contributed by atoms with E-state index in [1.54, 1.807) is 12.3 Å². The molecule has 1 unspecified atom stereocenters. The molecule has 0 saturated carbocycles. The molecule has 1 saturated heterocycles. The molecule has 1 atom stereocenters. The number of carboxylic acid groups (broad SMARTS) is 1. The largest absolute Gasteiger partial charge is 0.478 e. The van der Waals surface area contributed by atoms with Crippen molar-refractivity contribution in [3.8, 4) is 11.3 Å². The Bertz CT molecular complexity index is 715. The smallest absolute Gasteiger partial charge is 0.337 e. The minimum Gasteiger partial charge on any atom is -0.478 e. The van der Waals surface area contributed by atoms with Gasteiger partial charge < -0.3 is 5.11 Å². The highest BCUT2D eigenvalue weighted by atomic mass is 16.4. The highest BCUT2D eigenvalue weighted by Crippen LogP contribution is 2.33. The van der Waals surface area contributed by atoms with Gasteiger partial charge in [-0.3, -0.25) is 14.9 Å². The van der Waals surface area contributed by atoms with Gasteiger partial charge in [0.25, 0.3) is 0 Å². The van der Waals surface area contributed by atoms with Gasteiger partial charge in [0.2, 0.25) is 0 Å². The second kappa shape index (κ2) is 6.46. The maximum absolute atomic E-state index is 11.1. The second-order valence-corrected chi connectivity index (χ2v) is 6.20. The van der Waals surface area contributed by atoms with Crippen LogP contribution in [-0.4, -0.2) is 38.5 Å². The third kappa shape index (κ3) is 3.24. The number of hydrogen-bond donors (Lipinski definition) is 1. The van der Waals surface area contributed by atoms with Gasteiger partial charge in [-0.1, -0.05) is 6.07 Å². The summed E-state index contributed by atoms with van der Waals surface area (Å²) in [5, 5.41) is 9.11. The number of likely N-dealkylation sites (tertiary alicyclic amines) is 1. The maximum Gasteiger partial charge on any atom is 0.337 e. The molecule has 5 nitrogen and oxygen atoms in total.